The fourth-order valence-corrected chi connectivity index (χ4v) is 2.98. The van der Waals surface area contributed by atoms with Crippen LogP contribution >= 0.6 is 11.3 Å². The summed E-state index contributed by atoms with van der Waals surface area (Å²) in [4.78, 5) is 16.2. The fourth-order valence-electron chi connectivity index (χ4n) is 2.10. The first-order valence-corrected chi connectivity index (χ1v) is 7.37. The maximum Gasteiger partial charge on any atom is 0.280 e. The van der Waals surface area contributed by atoms with Crippen molar-refractivity contribution in [1.29, 1.82) is 0 Å². The minimum absolute atomic E-state index is 0.149. The second-order valence-electron chi connectivity index (χ2n) is 4.94. The Morgan fingerprint density at radius 3 is 3.00 bits per heavy atom. The van der Waals surface area contributed by atoms with Gasteiger partial charge in [0, 0.05) is 6.54 Å². The van der Waals surface area contributed by atoms with E-state index in [2.05, 4.69) is 10.3 Å². The number of carbonyl (C=O) groups is 1. The molecule has 0 bridgehead atoms. The number of carbonyl (C=O) groups excluding carboxylic acids is 1. The summed E-state index contributed by atoms with van der Waals surface area (Å²) in [5, 5.41) is 13.0. The number of aromatic nitrogens is 1. The quantitative estimate of drug-likeness (QED) is 0.880. The van der Waals surface area contributed by atoms with Gasteiger partial charge in [0.15, 0.2) is 5.01 Å². The molecular weight excluding hydrogens is 260 g/mol. The number of amides is 1. The summed E-state index contributed by atoms with van der Waals surface area (Å²) in [6, 6.07) is 7.71. The van der Waals surface area contributed by atoms with Crippen LogP contribution in [-0.4, -0.2) is 28.6 Å². The van der Waals surface area contributed by atoms with Gasteiger partial charge in [0.05, 0.1) is 16.3 Å². The molecule has 1 aliphatic rings. The summed E-state index contributed by atoms with van der Waals surface area (Å²) >= 11 is 1.40. The van der Waals surface area contributed by atoms with Crippen molar-refractivity contribution < 1.29 is 9.90 Å². The highest BCUT2D eigenvalue weighted by molar-refractivity contribution is 7.20. The first-order valence-electron chi connectivity index (χ1n) is 6.56. The Morgan fingerprint density at radius 2 is 2.26 bits per heavy atom. The second kappa shape index (κ2) is 5.27. The lowest BCUT2D eigenvalue weighted by Gasteiger charge is -2.08. The zero-order chi connectivity index (χ0) is 13.2. The topological polar surface area (TPSA) is 62.2 Å². The minimum atomic E-state index is -0.268. The van der Waals surface area contributed by atoms with Crippen LogP contribution in [0.2, 0.25) is 0 Å². The molecule has 4 nitrogen and oxygen atoms in total. The average molecular weight is 276 g/mol. The molecule has 0 saturated heterocycles. The molecule has 0 spiro atoms. The lowest BCUT2D eigenvalue weighted by Crippen LogP contribution is -2.27. The molecule has 5 heteroatoms. The average Bonchev–Trinajstić information content (AvgIpc) is 3.17. The van der Waals surface area contributed by atoms with Crippen molar-refractivity contribution in [3.05, 3.63) is 29.3 Å². The molecule has 19 heavy (non-hydrogen) atoms. The summed E-state index contributed by atoms with van der Waals surface area (Å²) < 4.78 is 1.02. The van der Waals surface area contributed by atoms with Crippen molar-refractivity contribution in [2.45, 2.75) is 25.4 Å². The van der Waals surface area contributed by atoms with Gasteiger partial charge in [0.1, 0.15) is 0 Å². The van der Waals surface area contributed by atoms with E-state index in [1.54, 1.807) is 0 Å². The smallest absolute Gasteiger partial charge is 0.280 e. The number of thiazole rings is 1. The Balaban J connectivity index is 1.57. The van der Waals surface area contributed by atoms with Crippen LogP contribution in [0.15, 0.2) is 24.3 Å². The monoisotopic (exact) mass is 276 g/mol. The van der Waals surface area contributed by atoms with Crippen molar-refractivity contribution in [1.82, 2.24) is 10.3 Å². The molecule has 2 N–H and O–H groups in total. The van der Waals surface area contributed by atoms with Gasteiger partial charge in [-0.15, -0.1) is 11.3 Å². The van der Waals surface area contributed by atoms with Crippen LogP contribution in [0.5, 0.6) is 0 Å². The molecule has 1 fully saturated rings. The van der Waals surface area contributed by atoms with Gasteiger partial charge in [-0.1, -0.05) is 12.1 Å². The van der Waals surface area contributed by atoms with Crippen LogP contribution in [0.25, 0.3) is 10.2 Å². The van der Waals surface area contributed by atoms with Crippen molar-refractivity contribution in [3.63, 3.8) is 0 Å². The van der Waals surface area contributed by atoms with Gasteiger partial charge in [-0.3, -0.25) is 4.79 Å². The van der Waals surface area contributed by atoms with Gasteiger partial charge in [-0.2, -0.15) is 0 Å². The van der Waals surface area contributed by atoms with Gasteiger partial charge >= 0.3 is 0 Å². The number of nitrogens with zero attached hydrogens (tertiary/aromatic N) is 1. The third kappa shape index (κ3) is 2.93. The standard InChI is InChI=1S/C14H16N2O2S/c17-11(9-5-6-9)7-8-15-13(18)14-16-10-3-1-2-4-12(10)19-14/h1-4,9,11,17H,5-8H2,(H,15,18)/t11-/m1/s1. The zero-order valence-electron chi connectivity index (χ0n) is 10.5. The van der Waals surface area contributed by atoms with E-state index in [-0.39, 0.29) is 12.0 Å². The normalized spacial score (nSPS) is 16.5. The molecular formula is C14H16N2O2S. The molecule has 1 aromatic carbocycles. The van der Waals surface area contributed by atoms with Gasteiger partial charge in [-0.05, 0) is 37.3 Å². The highest BCUT2D eigenvalue weighted by Crippen LogP contribution is 2.33. The molecule has 1 saturated carbocycles. The number of benzene rings is 1. The van der Waals surface area contributed by atoms with Crippen molar-refractivity contribution in [2.75, 3.05) is 6.54 Å². The van der Waals surface area contributed by atoms with Crippen LogP contribution in [0.3, 0.4) is 0 Å². The summed E-state index contributed by atoms with van der Waals surface area (Å²) in [5.74, 6) is 0.309. The van der Waals surface area contributed by atoms with E-state index in [0.29, 0.717) is 23.9 Å². The fraction of sp³-hybridized carbons (Fsp3) is 0.429. The third-order valence-corrected chi connectivity index (χ3v) is 4.42. The van der Waals surface area contributed by atoms with E-state index in [9.17, 15) is 9.90 Å². The Bertz CT molecular complexity index is 559. The van der Waals surface area contributed by atoms with E-state index in [4.69, 9.17) is 0 Å². The summed E-state index contributed by atoms with van der Waals surface area (Å²) in [6.07, 6.45) is 2.59. The number of aliphatic hydroxyl groups is 1. The molecule has 2 aromatic rings. The maximum absolute atomic E-state index is 11.9. The first-order chi connectivity index (χ1) is 9.24. The van der Waals surface area contributed by atoms with Crippen molar-refractivity contribution in [3.8, 4) is 0 Å². The Morgan fingerprint density at radius 1 is 1.47 bits per heavy atom. The van der Waals surface area contributed by atoms with Gasteiger partial charge in [-0.25, -0.2) is 4.98 Å². The number of rotatable bonds is 5. The van der Waals surface area contributed by atoms with Crippen molar-refractivity contribution in [2.24, 2.45) is 5.92 Å². The number of fused-ring (bicyclic) bond motifs is 1. The summed E-state index contributed by atoms with van der Waals surface area (Å²) in [7, 11) is 0. The van der Waals surface area contributed by atoms with E-state index < -0.39 is 0 Å². The summed E-state index contributed by atoms with van der Waals surface area (Å²) in [5.41, 5.74) is 0.857. The van der Waals surface area contributed by atoms with Crippen LogP contribution in [0, 0.1) is 5.92 Å². The molecule has 1 aliphatic carbocycles. The van der Waals surface area contributed by atoms with Gasteiger partial charge < -0.3 is 10.4 Å². The van der Waals surface area contributed by atoms with E-state index in [0.717, 1.165) is 23.1 Å². The highest BCUT2D eigenvalue weighted by atomic mass is 32.1. The van der Waals surface area contributed by atoms with E-state index in [1.807, 2.05) is 24.3 Å². The number of nitrogens with one attached hydrogen (secondary N) is 1. The van der Waals surface area contributed by atoms with Crippen LogP contribution in [0.1, 0.15) is 29.1 Å². The molecule has 1 atom stereocenters. The number of para-hydroxylation sites is 1. The lowest BCUT2D eigenvalue weighted by molar-refractivity contribution is 0.0936. The van der Waals surface area contributed by atoms with Gasteiger partial charge in [0.2, 0.25) is 0 Å². The molecule has 100 valence electrons. The Kier molecular flexibility index (Phi) is 3.48. The van der Waals surface area contributed by atoms with Gasteiger partial charge in [0.25, 0.3) is 5.91 Å². The highest BCUT2D eigenvalue weighted by Gasteiger charge is 2.29. The zero-order valence-corrected chi connectivity index (χ0v) is 11.3. The second-order valence-corrected chi connectivity index (χ2v) is 5.97. The summed E-state index contributed by atoms with van der Waals surface area (Å²) in [6.45, 7) is 0.506. The number of hydrogen-bond donors (Lipinski definition) is 2. The van der Waals surface area contributed by atoms with Crippen LogP contribution in [-0.2, 0) is 0 Å². The van der Waals surface area contributed by atoms with Crippen LogP contribution in [0.4, 0.5) is 0 Å². The predicted molar refractivity (Wildman–Crippen MR) is 75.3 cm³/mol. The lowest BCUT2D eigenvalue weighted by atomic mass is 10.2. The van der Waals surface area contributed by atoms with E-state index >= 15 is 0 Å². The molecule has 0 radical (unpaired) electrons. The molecule has 0 aliphatic heterocycles. The minimum Gasteiger partial charge on any atom is -0.393 e. The largest absolute Gasteiger partial charge is 0.393 e. The van der Waals surface area contributed by atoms with E-state index in [1.165, 1.54) is 11.3 Å². The molecule has 3 rings (SSSR count). The van der Waals surface area contributed by atoms with Crippen LogP contribution < -0.4 is 5.32 Å². The number of hydrogen-bond acceptors (Lipinski definition) is 4. The molecule has 1 aromatic heterocycles. The maximum atomic E-state index is 11.9. The molecule has 1 heterocycles. The third-order valence-electron chi connectivity index (χ3n) is 3.38. The molecule has 1 amide bonds. The van der Waals surface area contributed by atoms with Crippen molar-refractivity contribution >= 4 is 27.5 Å². The number of aliphatic hydroxyl groups excluding tert-OH is 1. The Hall–Kier alpha value is -1.46. The first kappa shape index (κ1) is 12.6. The SMILES string of the molecule is O=C(NCC[C@@H](O)C1CC1)c1nc2ccccc2s1. The molecule has 0 unspecified atom stereocenters. The predicted octanol–water partition coefficient (Wildman–Crippen LogP) is 2.19. The Labute approximate surface area is 115 Å².